The van der Waals surface area contributed by atoms with Gasteiger partial charge in [0.2, 0.25) is 0 Å². The Morgan fingerprint density at radius 3 is 1.04 bits per heavy atom. The molecule has 28 heteroatoms. The molecule has 0 aliphatic heterocycles. The van der Waals surface area contributed by atoms with E-state index in [0.29, 0.717) is 18.0 Å². The predicted octanol–water partition coefficient (Wildman–Crippen LogP) is 16.2. The van der Waals surface area contributed by atoms with E-state index in [9.17, 15) is 110 Å². The number of nitrogens with zero attached hydrogens (tertiary/aromatic N) is 1. The lowest BCUT2D eigenvalue weighted by atomic mass is 9.12. The number of esters is 1. The number of pyridine rings is 1. The van der Waals surface area contributed by atoms with E-state index in [1.807, 2.05) is 91.3 Å². The van der Waals surface area contributed by atoms with Crippen molar-refractivity contribution in [1.29, 1.82) is 0 Å². The number of hydrogen-bond acceptors (Lipinski definition) is 2. The Bertz CT molecular complexity index is 3340. The minimum Gasteiger partial charge on any atom is -0.418 e. The monoisotopic (exact) mass is 1230 g/mol. The molecule has 450 valence electrons. The number of carbonyl (C=O) groups excluding carboxylic acids is 1. The summed E-state index contributed by atoms with van der Waals surface area (Å²) in [5, 5.41) is 1.90. The number of ether oxygens (including phenoxy) is 1. The fraction of sp³-hybridized carbons (Fsp3) is 0.193. The maximum Gasteiger partial charge on any atom is 0.416 e. The van der Waals surface area contributed by atoms with Crippen LogP contribution in [0.15, 0.2) is 158 Å². The lowest BCUT2D eigenvalue weighted by Gasteiger charge is -2.46. The van der Waals surface area contributed by atoms with Crippen LogP contribution in [-0.2, 0) is 56.0 Å². The summed E-state index contributed by atoms with van der Waals surface area (Å²) in [6, 6.07) is 17.1. The highest BCUT2D eigenvalue weighted by Crippen LogP contribution is 2.42. The minimum absolute atomic E-state index is 0.346. The van der Waals surface area contributed by atoms with Crippen molar-refractivity contribution in [2.45, 2.75) is 69.8 Å². The number of aryl methyl sites for hydroxylation is 2. The summed E-state index contributed by atoms with van der Waals surface area (Å²) in [6.07, 6.45) is -52.9. The van der Waals surface area contributed by atoms with E-state index in [2.05, 4.69) is 12.1 Å². The number of fused-ring (bicyclic) bond motifs is 1. The number of hydrogen-bond donors (Lipinski definition) is 0. The molecular formula is C57H34BF24NO2. The maximum atomic E-state index is 14.2. The first-order chi connectivity index (χ1) is 38.9. The van der Waals surface area contributed by atoms with Crippen LogP contribution in [0.4, 0.5) is 105 Å². The van der Waals surface area contributed by atoms with Crippen molar-refractivity contribution in [2.75, 3.05) is 0 Å². The van der Waals surface area contributed by atoms with Crippen LogP contribution >= 0.6 is 0 Å². The molecule has 0 aliphatic rings. The number of halogens is 24. The van der Waals surface area contributed by atoms with Gasteiger partial charge in [0.1, 0.15) is 11.9 Å². The van der Waals surface area contributed by atoms with Crippen LogP contribution in [0.5, 0.6) is 5.75 Å². The summed E-state index contributed by atoms with van der Waals surface area (Å²) in [7, 11) is 0. The largest absolute Gasteiger partial charge is 0.418 e. The number of rotatable bonds is 8. The van der Waals surface area contributed by atoms with Gasteiger partial charge >= 0.3 is 55.4 Å². The lowest BCUT2D eigenvalue weighted by Crippen LogP contribution is -2.75. The highest BCUT2D eigenvalue weighted by atomic mass is 19.4. The molecule has 8 rings (SSSR count). The van der Waals surface area contributed by atoms with Crippen molar-refractivity contribution in [3.8, 4) is 5.75 Å². The first-order valence-electron chi connectivity index (χ1n) is 24.0. The number of aromatic nitrogens is 1. The van der Waals surface area contributed by atoms with Crippen LogP contribution in [0, 0.1) is 13.8 Å². The Hall–Kier alpha value is -8.20. The third-order valence-electron chi connectivity index (χ3n) is 13.3. The Morgan fingerprint density at radius 2 is 0.706 bits per heavy atom. The molecule has 0 saturated heterocycles. The number of carbonyl (C=O) groups is 1. The molecule has 1 aromatic heterocycles. The predicted molar refractivity (Wildman–Crippen MR) is 261 cm³/mol. The summed E-state index contributed by atoms with van der Waals surface area (Å²) < 4.78 is 349. The quantitative estimate of drug-likeness (QED) is 0.0499. The lowest BCUT2D eigenvalue weighted by molar-refractivity contribution is -0.689. The normalized spacial score (nSPS) is 13.2. The standard InChI is InChI=1S/C32H12BF24.C25H22NO2/c34-25(35,36)13-1-14(26(37,38)39)6-21(5-13)33(22-7-15(27(40,41)42)2-16(8-22)28(43,44)45,23-9-17(29(46,47)48)3-18(10-23)30(49,50)51)24-11-19(31(52,53)54)4-20(12-24)32(55,56)57;1-18-12-13-19(2)23(16-18)28-25(27)24-22-11-7-6-10-21(22)14-15-26(24)17-20-8-4-3-5-9-20/h1-12H;3-16H,17H2,1-2H3/q-1;+1. The molecule has 0 bridgehead atoms. The van der Waals surface area contributed by atoms with Gasteiger partial charge < -0.3 is 4.74 Å². The zero-order valence-electron chi connectivity index (χ0n) is 42.6. The van der Waals surface area contributed by atoms with Gasteiger partial charge in [0, 0.05) is 11.6 Å². The molecule has 0 aliphatic carbocycles. The molecule has 1 heterocycles. The van der Waals surface area contributed by atoms with Crippen LogP contribution in [0.2, 0.25) is 0 Å². The fourth-order valence-electron chi connectivity index (χ4n) is 9.43. The highest BCUT2D eigenvalue weighted by molar-refractivity contribution is 7.20. The molecule has 0 amide bonds. The van der Waals surface area contributed by atoms with E-state index >= 15 is 0 Å². The second kappa shape index (κ2) is 22.7. The average Bonchev–Trinajstić information content (AvgIpc) is 0.839. The SMILES string of the molecule is Cc1ccc(C)c(OC(=O)c2c3ccccc3cc[n+]2Cc2ccccc2)c1.FC(F)(F)c1cc([B-](c2cc(C(F)(F)F)cc(C(F)(F)F)c2)(c2cc(C(F)(F)F)cc(C(F)(F)F)c2)c2cc(C(F)(F)F)cc(C(F)(F)F)c2)cc(C(F)(F)F)c1. The van der Waals surface area contributed by atoms with Crippen molar-refractivity contribution >= 4 is 44.7 Å². The van der Waals surface area contributed by atoms with Gasteiger partial charge in [-0.1, -0.05) is 109 Å². The number of benzene rings is 7. The van der Waals surface area contributed by atoms with Gasteiger partial charge in [-0.2, -0.15) is 132 Å². The van der Waals surface area contributed by atoms with Gasteiger partial charge in [-0.05, 0) is 66.8 Å². The minimum atomic E-state index is -6.13. The van der Waals surface area contributed by atoms with E-state index in [1.54, 1.807) is 0 Å². The number of alkyl halides is 24. The topological polar surface area (TPSA) is 30.2 Å². The average molecular weight is 1230 g/mol. The zero-order valence-corrected chi connectivity index (χ0v) is 42.6. The summed E-state index contributed by atoms with van der Waals surface area (Å²) in [4.78, 5) is 13.3. The molecule has 0 atom stereocenters. The Labute approximate surface area is 463 Å². The molecule has 0 spiro atoms. The van der Waals surface area contributed by atoms with Crippen molar-refractivity contribution in [1.82, 2.24) is 0 Å². The van der Waals surface area contributed by atoms with Gasteiger partial charge in [-0.15, -0.1) is 0 Å². The van der Waals surface area contributed by atoms with Crippen molar-refractivity contribution < 1.29 is 119 Å². The van der Waals surface area contributed by atoms with Gasteiger partial charge in [0.15, 0.2) is 12.7 Å². The van der Waals surface area contributed by atoms with Crippen molar-refractivity contribution in [3.63, 3.8) is 0 Å². The molecular weight excluding hydrogens is 1200 g/mol. The van der Waals surface area contributed by atoms with E-state index in [-0.39, 0.29) is 5.97 Å². The molecule has 3 nitrogen and oxygen atoms in total. The smallest absolute Gasteiger partial charge is 0.416 e. The summed E-state index contributed by atoms with van der Waals surface area (Å²) >= 11 is 0. The highest BCUT2D eigenvalue weighted by Gasteiger charge is 2.47. The molecule has 0 N–H and O–H groups in total. The van der Waals surface area contributed by atoms with Crippen molar-refractivity contribution in [2.24, 2.45) is 0 Å². The van der Waals surface area contributed by atoms with Crippen molar-refractivity contribution in [3.05, 3.63) is 225 Å². The van der Waals surface area contributed by atoms with Gasteiger partial charge in [0.25, 0.3) is 5.69 Å². The van der Waals surface area contributed by atoms with Gasteiger partial charge in [0.05, 0.1) is 49.9 Å². The molecule has 0 radical (unpaired) electrons. The first-order valence-corrected chi connectivity index (χ1v) is 24.0. The molecule has 7 aromatic carbocycles. The van der Waals surface area contributed by atoms with E-state index in [1.165, 1.54) is 0 Å². The van der Waals surface area contributed by atoms with Crippen LogP contribution in [0.3, 0.4) is 0 Å². The fourth-order valence-corrected chi connectivity index (χ4v) is 9.43. The zero-order chi connectivity index (χ0) is 63.4. The van der Waals surface area contributed by atoms with E-state index < -0.39 is 195 Å². The van der Waals surface area contributed by atoms with Crippen LogP contribution < -0.4 is 31.2 Å². The third kappa shape index (κ3) is 14.5. The van der Waals surface area contributed by atoms with E-state index in [4.69, 9.17) is 4.74 Å². The Balaban J connectivity index is 0.000000306. The molecule has 0 saturated carbocycles. The first kappa shape index (κ1) is 64.4. The van der Waals surface area contributed by atoms with Gasteiger partial charge in [-0.3, -0.25) is 0 Å². The van der Waals surface area contributed by atoms with E-state index in [0.717, 1.165) is 27.5 Å². The third-order valence-corrected chi connectivity index (χ3v) is 13.3. The Kier molecular flexibility index (Phi) is 17.2. The molecule has 0 fully saturated rings. The Morgan fingerprint density at radius 1 is 0.388 bits per heavy atom. The van der Waals surface area contributed by atoms with Crippen LogP contribution in [0.25, 0.3) is 10.8 Å². The van der Waals surface area contributed by atoms with Crippen LogP contribution in [-0.4, -0.2) is 12.1 Å². The molecule has 0 unspecified atom stereocenters. The van der Waals surface area contributed by atoms with Gasteiger partial charge in [-0.25, -0.2) is 4.79 Å². The molecule has 85 heavy (non-hydrogen) atoms. The summed E-state index contributed by atoms with van der Waals surface area (Å²) in [5.74, 6) is 0.255. The maximum absolute atomic E-state index is 14.2. The second-order valence-electron chi connectivity index (χ2n) is 19.2. The van der Waals surface area contributed by atoms with Crippen LogP contribution in [0.1, 0.15) is 71.7 Å². The summed E-state index contributed by atoms with van der Waals surface area (Å²) in [5.41, 5.74) is -26.5. The summed E-state index contributed by atoms with van der Waals surface area (Å²) in [6.45, 7) is 4.54. The molecule has 8 aromatic rings. The second-order valence-corrected chi connectivity index (χ2v) is 19.2.